The summed E-state index contributed by atoms with van der Waals surface area (Å²) in [5.74, 6) is 0.572. The monoisotopic (exact) mass is 382 g/mol. The van der Waals surface area contributed by atoms with Crippen LogP contribution in [-0.2, 0) is 6.42 Å². The van der Waals surface area contributed by atoms with E-state index in [-0.39, 0.29) is 6.03 Å². The number of rotatable bonds is 5. The molecule has 0 heterocycles. The number of halogens is 2. The van der Waals surface area contributed by atoms with Crippen molar-refractivity contribution in [2.75, 3.05) is 19.0 Å². The number of nitrogens with one attached hydrogen (secondary N) is 2. The first-order valence-electron chi connectivity index (χ1n) is 6.71. The van der Waals surface area contributed by atoms with Gasteiger partial charge in [-0.3, -0.25) is 0 Å². The van der Waals surface area contributed by atoms with Gasteiger partial charge < -0.3 is 15.4 Å². The summed E-state index contributed by atoms with van der Waals surface area (Å²) in [4.78, 5) is 11.8. The third-order valence-electron chi connectivity index (χ3n) is 3.00. The topological polar surface area (TPSA) is 50.4 Å². The molecule has 4 nitrogen and oxygen atoms in total. The molecule has 0 spiro atoms. The molecule has 22 heavy (non-hydrogen) atoms. The fourth-order valence-electron chi connectivity index (χ4n) is 1.93. The fraction of sp³-hybridized carbons (Fsp3) is 0.188. The Hall–Kier alpha value is -1.72. The third kappa shape index (κ3) is 4.93. The minimum Gasteiger partial charge on any atom is -0.495 e. The summed E-state index contributed by atoms with van der Waals surface area (Å²) in [6.07, 6.45) is 0.760. The van der Waals surface area contributed by atoms with E-state index < -0.39 is 0 Å². The number of anilines is 1. The molecule has 2 N–H and O–H groups in total. The number of benzene rings is 2. The third-order valence-corrected chi connectivity index (χ3v) is 3.79. The molecule has 2 aromatic rings. The van der Waals surface area contributed by atoms with E-state index in [1.54, 1.807) is 25.3 Å². The standard InChI is InChI=1S/C16H16BrClN2O2/c1-22-15-6-5-13(10-14(15)18)20-16(21)19-8-7-11-3-2-4-12(17)9-11/h2-6,9-10H,7-8H2,1H3,(H2,19,20,21). The van der Waals surface area contributed by atoms with Gasteiger partial charge in [-0.1, -0.05) is 39.7 Å². The van der Waals surface area contributed by atoms with E-state index >= 15 is 0 Å². The summed E-state index contributed by atoms with van der Waals surface area (Å²) in [5.41, 5.74) is 1.77. The average molecular weight is 384 g/mol. The summed E-state index contributed by atoms with van der Waals surface area (Å²) in [7, 11) is 1.54. The number of urea groups is 1. The molecule has 0 saturated carbocycles. The van der Waals surface area contributed by atoms with Crippen LogP contribution in [0.2, 0.25) is 5.02 Å². The van der Waals surface area contributed by atoms with Crippen LogP contribution in [0.4, 0.5) is 10.5 Å². The van der Waals surface area contributed by atoms with Gasteiger partial charge in [-0.25, -0.2) is 4.79 Å². The highest BCUT2D eigenvalue weighted by Gasteiger charge is 2.05. The lowest BCUT2D eigenvalue weighted by molar-refractivity contribution is 0.252. The molecule has 116 valence electrons. The van der Waals surface area contributed by atoms with E-state index in [2.05, 4.69) is 26.6 Å². The van der Waals surface area contributed by atoms with Gasteiger partial charge in [-0.15, -0.1) is 0 Å². The molecule has 6 heteroatoms. The van der Waals surface area contributed by atoms with Crippen LogP contribution in [0.5, 0.6) is 5.75 Å². The molecule has 0 aliphatic rings. The molecular formula is C16H16BrClN2O2. The van der Waals surface area contributed by atoms with Crippen molar-refractivity contribution in [1.82, 2.24) is 5.32 Å². The van der Waals surface area contributed by atoms with Gasteiger partial charge in [-0.05, 0) is 42.3 Å². The van der Waals surface area contributed by atoms with Crippen molar-refractivity contribution < 1.29 is 9.53 Å². The van der Waals surface area contributed by atoms with Crippen LogP contribution in [-0.4, -0.2) is 19.7 Å². The predicted octanol–water partition coefficient (Wildman–Crippen LogP) is 4.48. The van der Waals surface area contributed by atoms with E-state index in [1.165, 1.54) is 0 Å². The number of hydrogen-bond donors (Lipinski definition) is 2. The molecule has 0 atom stereocenters. The number of methoxy groups -OCH3 is 1. The number of carbonyl (C=O) groups is 1. The van der Waals surface area contributed by atoms with Crippen LogP contribution >= 0.6 is 27.5 Å². The first-order valence-corrected chi connectivity index (χ1v) is 7.88. The average Bonchev–Trinajstić information content (AvgIpc) is 2.47. The second kappa shape index (κ2) is 8.06. The quantitative estimate of drug-likeness (QED) is 0.800. The minimum atomic E-state index is -0.267. The largest absolute Gasteiger partial charge is 0.495 e. The van der Waals surface area contributed by atoms with Gasteiger partial charge in [-0.2, -0.15) is 0 Å². The van der Waals surface area contributed by atoms with Crippen molar-refractivity contribution in [2.45, 2.75) is 6.42 Å². The molecule has 0 fully saturated rings. The zero-order valence-electron chi connectivity index (χ0n) is 12.0. The van der Waals surface area contributed by atoms with Gasteiger partial charge in [0.15, 0.2) is 0 Å². The van der Waals surface area contributed by atoms with Gasteiger partial charge in [0.25, 0.3) is 0 Å². The van der Waals surface area contributed by atoms with Crippen molar-refractivity contribution in [1.29, 1.82) is 0 Å². The Labute approximate surface area is 142 Å². The van der Waals surface area contributed by atoms with Crippen LogP contribution < -0.4 is 15.4 Å². The van der Waals surface area contributed by atoms with Crippen LogP contribution in [0, 0.1) is 0 Å². The number of ether oxygens (including phenoxy) is 1. The Morgan fingerprint density at radius 3 is 2.77 bits per heavy atom. The Balaban J connectivity index is 1.82. The second-order valence-corrected chi connectivity index (χ2v) is 5.93. The number of hydrogen-bond acceptors (Lipinski definition) is 2. The summed E-state index contributed by atoms with van der Waals surface area (Å²) in [6, 6.07) is 12.8. The van der Waals surface area contributed by atoms with Crippen molar-refractivity contribution in [2.24, 2.45) is 0 Å². The first kappa shape index (κ1) is 16.6. The lowest BCUT2D eigenvalue weighted by atomic mass is 10.1. The molecule has 2 amide bonds. The molecule has 0 unspecified atom stereocenters. The van der Waals surface area contributed by atoms with Crippen LogP contribution in [0.15, 0.2) is 46.9 Å². The van der Waals surface area contributed by atoms with E-state index in [0.29, 0.717) is 23.0 Å². The number of carbonyl (C=O) groups excluding carboxylic acids is 1. The SMILES string of the molecule is COc1ccc(NC(=O)NCCc2cccc(Br)c2)cc1Cl. The first-order chi connectivity index (χ1) is 10.6. The summed E-state index contributed by atoms with van der Waals surface area (Å²) >= 11 is 9.43. The van der Waals surface area contributed by atoms with Crippen LogP contribution in [0.25, 0.3) is 0 Å². The molecule has 0 aliphatic heterocycles. The highest BCUT2D eigenvalue weighted by atomic mass is 79.9. The molecule has 2 rings (SSSR count). The van der Waals surface area contributed by atoms with E-state index in [4.69, 9.17) is 16.3 Å². The van der Waals surface area contributed by atoms with Gasteiger partial charge in [0, 0.05) is 16.7 Å². The van der Waals surface area contributed by atoms with E-state index in [9.17, 15) is 4.79 Å². The Kier molecular flexibility index (Phi) is 6.10. The minimum absolute atomic E-state index is 0.267. The highest BCUT2D eigenvalue weighted by molar-refractivity contribution is 9.10. The van der Waals surface area contributed by atoms with Crippen LogP contribution in [0.3, 0.4) is 0 Å². The molecule has 0 aromatic heterocycles. The van der Waals surface area contributed by atoms with Gasteiger partial charge in [0.05, 0.1) is 12.1 Å². The summed E-state index contributed by atoms with van der Waals surface area (Å²) in [6.45, 7) is 0.548. The molecular weight excluding hydrogens is 368 g/mol. The lowest BCUT2D eigenvalue weighted by Gasteiger charge is -2.09. The van der Waals surface area contributed by atoms with Crippen molar-refractivity contribution in [3.05, 3.63) is 57.5 Å². The van der Waals surface area contributed by atoms with Crippen molar-refractivity contribution in [3.63, 3.8) is 0 Å². The maximum Gasteiger partial charge on any atom is 0.319 e. The zero-order chi connectivity index (χ0) is 15.9. The van der Waals surface area contributed by atoms with Crippen LogP contribution in [0.1, 0.15) is 5.56 Å². The lowest BCUT2D eigenvalue weighted by Crippen LogP contribution is -2.30. The van der Waals surface area contributed by atoms with Gasteiger partial charge in [0.2, 0.25) is 0 Å². The number of amides is 2. The second-order valence-electron chi connectivity index (χ2n) is 4.61. The maximum atomic E-state index is 11.8. The van der Waals surface area contributed by atoms with Crippen molar-refractivity contribution >= 4 is 39.2 Å². The Morgan fingerprint density at radius 1 is 1.27 bits per heavy atom. The smallest absolute Gasteiger partial charge is 0.319 e. The van der Waals surface area contributed by atoms with E-state index in [1.807, 2.05) is 24.3 Å². The molecule has 0 aliphatic carbocycles. The summed E-state index contributed by atoms with van der Waals surface area (Å²) in [5, 5.41) is 5.99. The molecule has 0 radical (unpaired) electrons. The molecule has 0 bridgehead atoms. The summed E-state index contributed by atoms with van der Waals surface area (Å²) < 4.78 is 6.09. The Bertz CT molecular complexity index is 664. The highest BCUT2D eigenvalue weighted by Crippen LogP contribution is 2.27. The van der Waals surface area contributed by atoms with E-state index in [0.717, 1.165) is 16.5 Å². The predicted molar refractivity (Wildman–Crippen MR) is 92.9 cm³/mol. The molecule has 2 aromatic carbocycles. The Morgan fingerprint density at radius 2 is 2.09 bits per heavy atom. The van der Waals surface area contributed by atoms with Crippen molar-refractivity contribution in [3.8, 4) is 5.75 Å². The normalized spacial score (nSPS) is 10.1. The van der Waals surface area contributed by atoms with Gasteiger partial charge in [0.1, 0.15) is 5.75 Å². The maximum absolute atomic E-state index is 11.8. The fourth-order valence-corrected chi connectivity index (χ4v) is 2.64. The zero-order valence-corrected chi connectivity index (χ0v) is 14.4. The molecule has 0 saturated heterocycles. The van der Waals surface area contributed by atoms with Gasteiger partial charge >= 0.3 is 6.03 Å².